The van der Waals surface area contributed by atoms with Crippen LogP contribution >= 0.6 is 0 Å². The molecule has 11 rings (SSSR count). The van der Waals surface area contributed by atoms with E-state index in [4.69, 9.17) is 4.42 Å². The molecular weight excluding hydrogens is 823 g/mol. The van der Waals surface area contributed by atoms with Crippen molar-refractivity contribution in [3.05, 3.63) is 285 Å². The van der Waals surface area contributed by atoms with Gasteiger partial charge >= 0.3 is 0 Å². The molecule has 0 saturated heterocycles. The lowest BCUT2D eigenvalue weighted by Crippen LogP contribution is -2.15. The van der Waals surface area contributed by atoms with Gasteiger partial charge in [-0.25, -0.2) is 0 Å². The largest absolute Gasteiger partial charge is 0.455 e. The Morgan fingerprint density at radius 2 is 0.912 bits per heavy atom. The SMILES string of the molecule is C=C/C=C\C(=C\c1cccc2c1oc1cc3ccccc3cc12)N(c1ccc(-c2ccc(-c3ccccc3)c(-c3ccccc3)c2)cc1)c1ccc(-c2cccccccc3ccccc23)cc1. The van der Waals surface area contributed by atoms with Crippen LogP contribution in [0.1, 0.15) is 5.56 Å². The maximum Gasteiger partial charge on any atom is 0.142 e. The summed E-state index contributed by atoms with van der Waals surface area (Å²) >= 11 is 0. The van der Waals surface area contributed by atoms with E-state index in [0.717, 1.165) is 72.2 Å². The molecule has 2 nitrogen and oxygen atoms in total. The summed E-state index contributed by atoms with van der Waals surface area (Å²) in [5.74, 6) is 0. The van der Waals surface area contributed by atoms with Crippen LogP contribution in [0, 0.1) is 0 Å². The number of para-hydroxylation sites is 1. The molecule has 0 atom stereocenters. The third-order valence-corrected chi connectivity index (χ3v) is 12.7. The second-order valence-corrected chi connectivity index (χ2v) is 16.9. The standard InChI is InChI=1S/C66H47NO/c1-2-3-29-58(43-55-28-19-32-62-64-45-52-26-15-16-27-53(52)46-65(64)68-66(55)62)67(57-40-35-51(36-41-57)60-30-14-6-4-5-9-20-48-25-17-18-31-59(48)60)56-38-33-47(34-39-56)54-37-42-61(49-21-10-7-11-22-49)63(44-54)50-23-12-8-13-24-50/h2-46H,1H2/b5-4?,6-4?,9-5?,14-6?,20-9?,29-3-,30-14?,48-20?,58-43-,60-30?,60-59?. The van der Waals surface area contributed by atoms with Gasteiger partial charge in [0.25, 0.3) is 0 Å². The Kier molecular flexibility index (Phi) is 11.6. The van der Waals surface area contributed by atoms with Crippen LogP contribution in [0.2, 0.25) is 0 Å². The van der Waals surface area contributed by atoms with Gasteiger partial charge in [-0.05, 0) is 121 Å². The highest BCUT2D eigenvalue weighted by Gasteiger charge is 2.18. The number of allylic oxidation sites excluding steroid dienone is 3. The predicted octanol–water partition coefficient (Wildman–Crippen LogP) is 18.6. The average Bonchev–Trinajstić information content (AvgIpc) is 3.77. The van der Waals surface area contributed by atoms with Gasteiger partial charge in [-0.1, -0.05) is 225 Å². The van der Waals surface area contributed by atoms with E-state index in [1.165, 1.54) is 38.4 Å². The van der Waals surface area contributed by atoms with Crippen LogP contribution in [0.5, 0.6) is 0 Å². The summed E-state index contributed by atoms with van der Waals surface area (Å²) < 4.78 is 6.75. The van der Waals surface area contributed by atoms with Gasteiger partial charge in [0.05, 0.1) is 0 Å². The molecule has 0 radical (unpaired) electrons. The number of nitrogens with zero attached hydrogens (tertiary/aromatic N) is 1. The second-order valence-electron chi connectivity index (χ2n) is 16.9. The van der Waals surface area contributed by atoms with Gasteiger partial charge < -0.3 is 9.32 Å². The summed E-state index contributed by atoms with van der Waals surface area (Å²) in [5, 5.41) is 6.87. The number of furan rings is 1. The predicted molar refractivity (Wildman–Crippen MR) is 290 cm³/mol. The number of fused-ring (bicyclic) bond motifs is 5. The molecule has 0 spiro atoms. The van der Waals surface area contributed by atoms with Crippen molar-refractivity contribution < 1.29 is 4.42 Å². The van der Waals surface area contributed by atoms with Gasteiger partial charge in [0.15, 0.2) is 0 Å². The van der Waals surface area contributed by atoms with Crippen LogP contribution in [-0.4, -0.2) is 0 Å². The molecule has 0 saturated carbocycles. The van der Waals surface area contributed by atoms with E-state index in [9.17, 15) is 0 Å². The summed E-state index contributed by atoms with van der Waals surface area (Å²) in [6, 6.07) is 88.6. The molecule has 0 unspecified atom stereocenters. The molecule has 0 amide bonds. The molecule has 11 aromatic rings. The highest BCUT2D eigenvalue weighted by Crippen LogP contribution is 2.40. The number of rotatable bonds is 10. The molecule has 1 heterocycles. The molecule has 68 heavy (non-hydrogen) atoms. The highest BCUT2D eigenvalue weighted by atomic mass is 16.3. The van der Waals surface area contributed by atoms with Gasteiger partial charge in [-0.2, -0.15) is 0 Å². The van der Waals surface area contributed by atoms with E-state index in [1.807, 2.05) is 12.2 Å². The van der Waals surface area contributed by atoms with Crippen LogP contribution in [0.15, 0.2) is 284 Å². The zero-order valence-electron chi connectivity index (χ0n) is 37.5. The van der Waals surface area contributed by atoms with E-state index in [0.29, 0.717) is 0 Å². The van der Waals surface area contributed by atoms with Crippen molar-refractivity contribution in [3.8, 4) is 44.5 Å². The molecule has 0 fully saturated rings. The third-order valence-electron chi connectivity index (χ3n) is 12.7. The van der Waals surface area contributed by atoms with Gasteiger partial charge in [-0.15, -0.1) is 0 Å². The Morgan fingerprint density at radius 3 is 1.62 bits per heavy atom. The Labute approximate surface area is 397 Å². The van der Waals surface area contributed by atoms with E-state index in [2.05, 4.69) is 272 Å². The fourth-order valence-corrected chi connectivity index (χ4v) is 9.35. The molecule has 2 heteroatoms. The lowest BCUT2D eigenvalue weighted by atomic mass is 9.91. The summed E-state index contributed by atoms with van der Waals surface area (Å²) in [6.07, 6.45) is 8.19. The Hall–Kier alpha value is -8.98. The normalized spacial score (nSPS) is 11.6. The van der Waals surface area contributed by atoms with Crippen LogP contribution in [0.3, 0.4) is 0 Å². The first-order valence-electron chi connectivity index (χ1n) is 23.1. The summed E-state index contributed by atoms with van der Waals surface area (Å²) in [4.78, 5) is 2.32. The zero-order chi connectivity index (χ0) is 45.7. The molecule has 0 aliphatic rings. The van der Waals surface area contributed by atoms with Crippen molar-refractivity contribution in [1.29, 1.82) is 0 Å². The van der Waals surface area contributed by atoms with Crippen molar-refractivity contribution >= 4 is 60.9 Å². The van der Waals surface area contributed by atoms with Crippen molar-refractivity contribution in [2.75, 3.05) is 4.90 Å². The van der Waals surface area contributed by atoms with Crippen LogP contribution in [0.4, 0.5) is 11.4 Å². The Bertz CT molecular complexity index is 3730. The zero-order valence-corrected chi connectivity index (χ0v) is 37.5. The second kappa shape index (κ2) is 18.9. The van der Waals surface area contributed by atoms with Crippen LogP contribution < -0.4 is 4.90 Å². The van der Waals surface area contributed by atoms with Crippen molar-refractivity contribution in [1.82, 2.24) is 0 Å². The average molecular weight is 870 g/mol. The number of hydrogen-bond acceptors (Lipinski definition) is 2. The summed E-state index contributed by atoms with van der Waals surface area (Å²) in [6.45, 7) is 4.09. The molecular formula is C66H47NO. The van der Waals surface area contributed by atoms with Crippen molar-refractivity contribution in [2.45, 2.75) is 0 Å². The minimum Gasteiger partial charge on any atom is -0.455 e. The number of hydrogen-bond donors (Lipinski definition) is 0. The highest BCUT2D eigenvalue weighted by molar-refractivity contribution is 6.12. The Morgan fingerprint density at radius 1 is 0.382 bits per heavy atom. The quantitative estimate of drug-likeness (QED) is 0.127. The van der Waals surface area contributed by atoms with Gasteiger partial charge in [0.1, 0.15) is 11.2 Å². The van der Waals surface area contributed by atoms with Crippen LogP contribution in [0.25, 0.3) is 94.1 Å². The molecule has 0 aliphatic carbocycles. The fourth-order valence-electron chi connectivity index (χ4n) is 9.35. The molecule has 0 aliphatic heterocycles. The first-order chi connectivity index (χ1) is 33.7. The van der Waals surface area contributed by atoms with Crippen LogP contribution in [-0.2, 0) is 0 Å². The molecule has 322 valence electrons. The molecule has 0 N–H and O–H groups in total. The van der Waals surface area contributed by atoms with E-state index < -0.39 is 0 Å². The van der Waals surface area contributed by atoms with E-state index >= 15 is 0 Å². The summed E-state index contributed by atoms with van der Waals surface area (Å²) in [7, 11) is 0. The van der Waals surface area contributed by atoms with Crippen molar-refractivity contribution in [3.63, 3.8) is 0 Å². The Balaban J connectivity index is 1.06. The molecule has 10 aromatic carbocycles. The first-order valence-corrected chi connectivity index (χ1v) is 23.1. The number of benzene rings is 9. The maximum absolute atomic E-state index is 6.75. The summed E-state index contributed by atoms with van der Waals surface area (Å²) in [5.41, 5.74) is 15.0. The molecule has 0 bridgehead atoms. The lowest BCUT2D eigenvalue weighted by molar-refractivity contribution is 0.668. The first kappa shape index (κ1) is 41.7. The van der Waals surface area contributed by atoms with Gasteiger partial charge in [0, 0.05) is 33.4 Å². The van der Waals surface area contributed by atoms with E-state index in [1.54, 1.807) is 0 Å². The minimum atomic E-state index is 0.847. The lowest BCUT2D eigenvalue weighted by Gasteiger charge is -2.27. The maximum atomic E-state index is 6.75. The smallest absolute Gasteiger partial charge is 0.142 e. The van der Waals surface area contributed by atoms with Crippen molar-refractivity contribution in [2.24, 2.45) is 0 Å². The number of anilines is 2. The third kappa shape index (κ3) is 8.39. The van der Waals surface area contributed by atoms with Gasteiger partial charge in [0.2, 0.25) is 0 Å². The fraction of sp³-hybridized carbons (Fsp3) is 0. The van der Waals surface area contributed by atoms with E-state index in [-0.39, 0.29) is 0 Å². The van der Waals surface area contributed by atoms with Gasteiger partial charge in [-0.3, -0.25) is 0 Å². The monoisotopic (exact) mass is 869 g/mol. The minimum absolute atomic E-state index is 0.847. The topological polar surface area (TPSA) is 16.4 Å². The molecule has 1 aromatic heterocycles.